The van der Waals surface area contributed by atoms with Crippen molar-refractivity contribution < 1.29 is 8.78 Å². The summed E-state index contributed by atoms with van der Waals surface area (Å²) in [6.45, 7) is 0. The van der Waals surface area contributed by atoms with Gasteiger partial charge in [-0.2, -0.15) is 10.4 Å². The Morgan fingerprint density at radius 3 is 2.57 bits per heavy atom. The average molecular weight is 306 g/mol. The van der Waals surface area contributed by atoms with Crippen LogP contribution in [0.3, 0.4) is 0 Å². The standard InChI is InChI=1S/C17H8F2N4/c18-12-2-1-3-13(19)15(12)17-11-6-9(7-20)4-5-10(11)16-14(22-17)8-21-23-16/h1-6,8H,(H,21,23). The van der Waals surface area contributed by atoms with Crippen LogP contribution < -0.4 is 0 Å². The summed E-state index contributed by atoms with van der Waals surface area (Å²) in [6, 6.07) is 10.6. The molecule has 0 aliphatic rings. The van der Waals surface area contributed by atoms with E-state index < -0.39 is 11.6 Å². The third-order valence-corrected chi connectivity index (χ3v) is 3.72. The van der Waals surface area contributed by atoms with E-state index in [1.54, 1.807) is 18.2 Å². The smallest absolute Gasteiger partial charge is 0.135 e. The van der Waals surface area contributed by atoms with Gasteiger partial charge in [0.25, 0.3) is 0 Å². The molecular formula is C17H8F2N4. The minimum Gasteiger partial charge on any atom is -0.276 e. The van der Waals surface area contributed by atoms with Crippen LogP contribution in [-0.4, -0.2) is 15.2 Å². The zero-order valence-electron chi connectivity index (χ0n) is 11.6. The highest BCUT2D eigenvalue weighted by molar-refractivity contribution is 6.09. The number of aromatic nitrogens is 3. The molecular weight excluding hydrogens is 298 g/mol. The van der Waals surface area contributed by atoms with Crippen LogP contribution >= 0.6 is 0 Å². The molecule has 4 rings (SSSR count). The number of halogens is 2. The lowest BCUT2D eigenvalue weighted by Gasteiger charge is -2.09. The quantitative estimate of drug-likeness (QED) is 0.579. The minimum atomic E-state index is -0.705. The summed E-state index contributed by atoms with van der Waals surface area (Å²) in [5.41, 5.74) is 1.48. The maximum absolute atomic E-state index is 14.2. The molecule has 1 N–H and O–H groups in total. The van der Waals surface area contributed by atoms with Gasteiger partial charge in [-0.3, -0.25) is 5.10 Å². The molecule has 0 unspecified atom stereocenters. The first-order chi connectivity index (χ1) is 11.2. The van der Waals surface area contributed by atoms with Gasteiger partial charge in [-0.05, 0) is 24.3 Å². The van der Waals surface area contributed by atoms with Crippen molar-refractivity contribution in [3.05, 3.63) is 59.8 Å². The Morgan fingerprint density at radius 1 is 1.04 bits per heavy atom. The first-order valence-corrected chi connectivity index (χ1v) is 6.80. The topological polar surface area (TPSA) is 65.4 Å². The Morgan fingerprint density at radius 2 is 1.83 bits per heavy atom. The summed E-state index contributed by atoms with van der Waals surface area (Å²) in [4.78, 5) is 4.35. The molecule has 0 saturated carbocycles. The van der Waals surface area contributed by atoms with E-state index in [4.69, 9.17) is 5.26 Å². The molecule has 2 heterocycles. The lowest BCUT2D eigenvalue weighted by Crippen LogP contribution is -1.95. The van der Waals surface area contributed by atoms with Crippen LogP contribution in [0.25, 0.3) is 33.1 Å². The molecule has 110 valence electrons. The molecule has 6 heteroatoms. The predicted octanol–water partition coefficient (Wildman–Crippen LogP) is 3.93. The van der Waals surface area contributed by atoms with Crippen molar-refractivity contribution in [1.29, 1.82) is 5.26 Å². The van der Waals surface area contributed by atoms with Gasteiger partial charge in [-0.25, -0.2) is 13.8 Å². The maximum atomic E-state index is 14.2. The lowest BCUT2D eigenvalue weighted by atomic mass is 10.00. The van der Waals surface area contributed by atoms with Gasteiger partial charge in [-0.15, -0.1) is 0 Å². The third-order valence-electron chi connectivity index (χ3n) is 3.72. The summed E-state index contributed by atoms with van der Waals surface area (Å²) in [5.74, 6) is -1.41. The Kier molecular flexibility index (Phi) is 2.81. The number of rotatable bonds is 1. The zero-order valence-corrected chi connectivity index (χ0v) is 11.6. The summed E-state index contributed by atoms with van der Waals surface area (Å²) in [5, 5.41) is 17.0. The molecule has 0 fully saturated rings. The van der Waals surface area contributed by atoms with Gasteiger partial charge in [0.1, 0.15) is 17.2 Å². The van der Waals surface area contributed by atoms with Gasteiger partial charge < -0.3 is 0 Å². The average Bonchev–Trinajstić information content (AvgIpc) is 3.02. The van der Waals surface area contributed by atoms with Gasteiger partial charge in [0.15, 0.2) is 0 Å². The molecule has 0 aliphatic heterocycles. The zero-order chi connectivity index (χ0) is 16.0. The van der Waals surface area contributed by atoms with E-state index in [0.29, 0.717) is 27.4 Å². The number of fused-ring (bicyclic) bond motifs is 3. The highest BCUT2D eigenvalue weighted by Crippen LogP contribution is 2.34. The first-order valence-electron chi connectivity index (χ1n) is 6.80. The van der Waals surface area contributed by atoms with Crippen LogP contribution in [0, 0.1) is 23.0 Å². The normalized spacial score (nSPS) is 11.0. The number of pyridine rings is 1. The van der Waals surface area contributed by atoms with Crippen molar-refractivity contribution in [3.8, 4) is 17.3 Å². The third kappa shape index (κ3) is 1.94. The second-order valence-corrected chi connectivity index (χ2v) is 5.06. The van der Waals surface area contributed by atoms with Gasteiger partial charge in [0.05, 0.1) is 34.6 Å². The Balaban J connectivity index is 2.22. The number of nitrogens with one attached hydrogen (secondary N) is 1. The monoisotopic (exact) mass is 306 g/mol. The van der Waals surface area contributed by atoms with Gasteiger partial charge in [0.2, 0.25) is 0 Å². The molecule has 2 aromatic carbocycles. The molecule has 4 nitrogen and oxygen atoms in total. The van der Waals surface area contributed by atoms with E-state index >= 15 is 0 Å². The number of hydrogen-bond acceptors (Lipinski definition) is 3. The molecule has 2 aromatic heterocycles. The van der Waals surface area contributed by atoms with Crippen molar-refractivity contribution in [2.75, 3.05) is 0 Å². The number of H-pyrrole nitrogens is 1. The van der Waals surface area contributed by atoms with E-state index in [9.17, 15) is 8.78 Å². The van der Waals surface area contributed by atoms with E-state index in [-0.39, 0.29) is 11.3 Å². The number of aromatic amines is 1. The van der Waals surface area contributed by atoms with Crippen LogP contribution in [0.4, 0.5) is 8.78 Å². The molecule has 23 heavy (non-hydrogen) atoms. The number of nitriles is 1. The van der Waals surface area contributed by atoms with Crippen LogP contribution in [0.1, 0.15) is 5.56 Å². The molecule has 0 amide bonds. The highest BCUT2D eigenvalue weighted by Gasteiger charge is 2.18. The Hall–Kier alpha value is -3.33. The van der Waals surface area contributed by atoms with Crippen molar-refractivity contribution in [3.63, 3.8) is 0 Å². The van der Waals surface area contributed by atoms with Crippen molar-refractivity contribution in [1.82, 2.24) is 15.2 Å². The molecule has 0 atom stereocenters. The fraction of sp³-hybridized carbons (Fsp3) is 0. The maximum Gasteiger partial charge on any atom is 0.135 e. The molecule has 0 aliphatic carbocycles. The predicted molar refractivity (Wildman–Crippen MR) is 81.5 cm³/mol. The van der Waals surface area contributed by atoms with Gasteiger partial charge in [0, 0.05) is 10.8 Å². The molecule has 0 spiro atoms. The Labute approximate surface area is 129 Å². The fourth-order valence-electron chi connectivity index (χ4n) is 2.69. The van der Waals surface area contributed by atoms with Crippen LogP contribution in [0.5, 0.6) is 0 Å². The molecule has 0 bridgehead atoms. The van der Waals surface area contributed by atoms with Crippen molar-refractivity contribution in [2.24, 2.45) is 0 Å². The largest absolute Gasteiger partial charge is 0.276 e. The van der Waals surface area contributed by atoms with Crippen LogP contribution in [0.2, 0.25) is 0 Å². The minimum absolute atomic E-state index is 0.154. The number of benzene rings is 2. The van der Waals surface area contributed by atoms with E-state index in [1.165, 1.54) is 24.4 Å². The van der Waals surface area contributed by atoms with E-state index in [2.05, 4.69) is 15.2 Å². The van der Waals surface area contributed by atoms with Crippen LogP contribution in [-0.2, 0) is 0 Å². The van der Waals surface area contributed by atoms with E-state index in [0.717, 1.165) is 0 Å². The van der Waals surface area contributed by atoms with Gasteiger partial charge >= 0.3 is 0 Å². The van der Waals surface area contributed by atoms with Crippen molar-refractivity contribution >= 4 is 21.8 Å². The molecule has 4 aromatic rings. The lowest BCUT2D eigenvalue weighted by molar-refractivity contribution is 0.589. The first kappa shape index (κ1) is 13.3. The second kappa shape index (κ2) is 4.85. The van der Waals surface area contributed by atoms with E-state index in [1.807, 2.05) is 6.07 Å². The van der Waals surface area contributed by atoms with Gasteiger partial charge in [-0.1, -0.05) is 12.1 Å². The van der Waals surface area contributed by atoms with Crippen molar-refractivity contribution in [2.45, 2.75) is 0 Å². The van der Waals surface area contributed by atoms with Crippen LogP contribution in [0.15, 0.2) is 42.6 Å². The fourth-order valence-corrected chi connectivity index (χ4v) is 2.69. The molecule has 0 radical (unpaired) electrons. The summed E-state index contributed by atoms with van der Waals surface area (Å²) in [7, 11) is 0. The second-order valence-electron chi connectivity index (χ2n) is 5.06. The summed E-state index contributed by atoms with van der Waals surface area (Å²) in [6.07, 6.45) is 1.50. The number of hydrogen-bond donors (Lipinski definition) is 1. The highest BCUT2D eigenvalue weighted by atomic mass is 19.1. The molecule has 0 saturated heterocycles. The summed E-state index contributed by atoms with van der Waals surface area (Å²) < 4.78 is 28.4. The SMILES string of the molecule is N#Cc1ccc2c(c1)c(-c1c(F)cccc1F)nc1cn[nH]c12. The Bertz CT molecular complexity index is 1090. The number of nitrogens with zero attached hydrogens (tertiary/aromatic N) is 3. The summed E-state index contributed by atoms with van der Waals surface area (Å²) >= 11 is 0.